The molecule has 0 fully saturated rings. The molecule has 0 aliphatic rings. The SMILES string of the molecule is C=C(C)/C=C\C(=C/C)C(N)=O. The monoisotopic (exact) mass is 151 g/mol. The molecule has 2 N–H and O–H groups in total. The molecule has 1 amide bonds. The normalized spacial score (nSPS) is 12.0. The maximum Gasteiger partial charge on any atom is 0.248 e. The third-order valence-electron chi connectivity index (χ3n) is 1.14. The average Bonchev–Trinajstić information content (AvgIpc) is 1.87. The fourth-order valence-corrected chi connectivity index (χ4v) is 0.553. The van der Waals surface area contributed by atoms with Crippen LogP contribution in [0.2, 0.25) is 0 Å². The van der Waals surface area contributed by atoms with Gasteiger partial charge in [0.05, 0.1) is 0 Å². The molecule has 0 rings (SSSR count). The first kappa shape index (κ1) is 9.69. The second-order valence-corrected chi connectivity index (χ2v) is 2.29. The molecule has 0 radical (unpaired) electrons. The lowest BCUT2D eigenvalue weighted by atomic mass is 10.2. The molecule has 0 aromatic heterocycles. The van der Waals surface area contributed by atoms with Gasteiger partial charge in [-0.2, -0.15) is 0 Å². The van der Waals surface area contributed by atoms with Gasteiger partial charge in [0, 0.05) is 5.57 Å². The highest BCUT2D eigenvalue weighted by atomic mass is 16.1. The summed E-state index contributed by atoms with van der Waals surface area (Å²) in [7, 11) is 0. The summed E-state index contributed by atoms with van der Waals surface area (Å²) in [5.41, 5.74) is 6.45. The van der Waals surface area contributed by atoms with Gasteiger partial charge in [-0.05, 0) is 19.9 Å². The van der Waals surface area contributed by atoms with Crippen LogP contribution in [0, 0.1) is 0 Å². The molecular formula is C9H13NO. The van der Waals surface area contributed by atoms with E-state index in [-0.39, 0.29) is 0 Å². The minimum Gasteiger partial charge on any atom is -0.366 e. The maximum atomic E-state index is 10.6. The van der Waals surface area contributed by atoms with E-state index in [9.17, 15) is 4.79 Å². The third kappa shape index (κ3) is 4.14. The van der Waals surface area contributed by atoms with E-state index in [1.165, 1.54) is 0 Å². The highest BCUT2D eigenvalue weighted by Gasteiger charge is 1.95. The molecule has 0 aliphatic carbocycles. The van der Waals surface area contributed by atoms with Gasteiger partial charge in [-0.25, -0.2) is 0 Å². The Morgan fingerprint density at radius 2 is 2.00 bits per heavy atom. The van der Waals surface area contributed by atoms with Crippen molar-refractivity contribution >= 4 is 5.91 Å². The number of amides is 1. The lowest BCUT2D eigenvalue weighted by molar-refractivity contribution is -0.114. The van der Waals surface area contributed by atoms with Crippen molar-refractivity contribution in [2.75, 3.05) is 0 Å². The van der Waals surface area contributed by atoms with Crippen LogP contribution in [0.15, 0.2) is 36.0 Å². The first-order valence-electron chi connectivity index (χ1n) is 3.37. The highest BCUT2D eigenvalue weighted by Crippen LogP contribution is 1.98. The molecule has 2 nitrogen and oxygen atoms in total. The summed E-state index contributed by atoms with van der Waals surface area (Å²) in [6.45, 7) is 7.27. The van der Waals surface area contributed by atoms with Crippen molar-refractivity contribution in [2.24, 2.45) is 5.73 Å². The van der Waals surface area contributed by atoms with Gasteiger partial charge in [-0.1, -0.05) is 24.3 Å². The lowest BCUT2D eigenvalue weighted by Crippen LogP contribution is -2.11. The van der Waals surface area contributed by atoms with Crippen LogP contribution in [0.3, 0.4) is 0 Å². The molecule has 0 atom stereocenters. The predicted octanol–water partition coefficient (Wildman–Crippen LogP) is 1.55. The van der Waals surface area contributed by atoms with Gasteiger partial charge in [0.2, 0.25) is 5.91 Å². The molecule has 2 heteroatoms. The van der Waals surface area contributed by atoms with Crippen molar-refractivity contribution in [3.8, 4) is 0 Å². The number of hydrogen-bond donors (Lipinski definition) is 1. The van der Waals surface area contributed by atoms with Crippen LogP contribution in [0.25, 0.3) is 0 Å². The van der Waals surface area contributed by atoms with Gasteiger partial charge < -0.3 is 5.73 Å². The zero-order chi connectivity index (χ0) is 8.85. The first-order chi connectivity index (χ1) is 5.07. The summed E-state index contributed by atoms with van der Waals surface area (Å²) in [6.07, 6.45) is 5.08. The molecule has 0 saturated heterocycles. The number of allylic oxidation sites excluding steroid dienone is 3. The number of hydrogen-bond acceptors (Lipinski definition) is 1. The Kier molecular flexibility index (Phi) is 3.96. The van der Waals surface area contributed by atoms with E-state index in [1.54, 1.807) is 25.2 Å². The summed E-state index contributed by atoms with van der Waals surface area (Å²) in [5, 5.41) is 0. The van der Waals surface area contributed by atoms with Crippen molar-refractivity contribution in [3.05, 3.63) is 36.0 Å². The van der Waals surface area contributed by atoms with Crippen LogP contribution in [0.1, 0.15) is 13.8 Å². The van der Waals surface area contributed by atoms with E-state index in [0.29, 0.717) is 5.57 Å². The predicted molar refractivity (Wildman–Crippen MR) is 46.9 cm³/mol. The van der Waals surface area contributed by atoms with Gasteiger partial charge in [0.1, 0.15) is 0 Å². The summed E-state index contributed by atoms with van der Waals surface area (Å²) in [5.74, 6) is -0.412. The van der Waals surface area contributed by atoms with Crippen LogP contribution in [-0.4, -0.2) is 5.91 Å². The quantitative estimate of drug-likeness (QED) is 0.482. The van der Waals surface area contributed by atoms with Crippen LogP contribution >= 0.6 is 0 Å². The van der Waals surface area contributed by atoms with E-state index in [4.69, 9.17) is 5.73 Å². The molecule has 0 saturated carbocycles. The van der Waals surface area contributed by atoms with E-state index in [2.05, 4.69) is 6.58 Å². The van der Waals surface area contributed by atoms with Gasteiger partial charge in [0.25, 0.3) is 0 Å². The highest BCUT2D eigenvalue weighted by molar-refractivity contribution is 5.94. The fourth-order valence-electron chi connectivity index (χ4n) is 0.553. The number of primary amides is 1. The minimum atomic E-state index is -0.412. The second kappa shape index (κ2) is 4.50. The van der Waals surface area contributed by atoms with Gasteiger partial charge in [0.15, 0.2) is 0 Å². The minimum absolute atomic E-state index is 0.412. The number of carbonyl (C=O) groups excluding carboxylic acids is 1. The number of nitrogens with two attached hydrogens (primary N) is 1. The molecule has 0 aromatic carbocycles. The third-order valence-corrected chi connectivity index (χ3v) is 1.14. The Hall–Kier alpha value is -1.31. The Balaban J connectivity index is 4.34. The number of carbonyl (C=O) groups is 1. The Labute approximate surface area is 67.1 Å². The fraction of sp³-hybridized carbons (Fsp3) is 0.222. The van der Waals surface area contributed by atoms with Crippen LogP contribution in [-0.2, 0) is 4.79 Å². The molecule has 0 aliphatic heterocycles. The Morgan fingerprint density at radius 1 is 1.45 bits per heavy atom. The number of rotatable bonds is 3. The summed E-state index contributed by atoms with van der Waals surface area (Å²) in [4.78, 5) is 10.6. The van der Waals surface area contributed by atoms with Gasteiger partial charge >= 0.3 is 0 Å². The molecule has 0 aromatic rings. The molecule has 0 bridgehead atoms. The standard InChI is InChI=1S/C9H13NO/c1-4-8(9(10)11)6-5-7(2)3/h4-6H,2H2,1,3H3,(H2,10,11)/b6-5-,8-4+. The van der Waals surface area contributed by atoms with Crippen LogP contribution in [0.4, 0.5) is 0 Å². The Morgan fingerprint density at radius 3 is 2.27 bits per heavy atom. The zero-order valence-electron chi connectivity index (χ0n) is 6.92. The first-order valence-corrected chi connectivity index (χ1v) is 3.37. The Bertz CT molecular complexity index is 224. The van der Waals surface area contributed by atoms with Gasteiger partial charge in [-0.15, -0.1) is 0 Å². The zero-order valence-corrected chi connectivity index (χ0v) is 6.92. The second-order valence-electron chi connectivity index (χ2n) is 2.29. The topological polar surface area (TPSA) is 43.1 Å². The maximum absolute atomic E-state index is 10.6. The molecule has 0 spiro atoms. The molecule has 60 valence electrons. The van der Waals surface area contributed by atoms with Crippen molar-refractivity contribution in [3.63, 3.8) is 0 Å². The van der Waals surface area contributed by atoms with Gasteiger partial charge in [-0.3, -0.25) is 4.79 Å². The largest absolute Gasteiger partial charge is 0.366 e. The summed E-state index contributed by atoms with van der Waals surface area (Å²) >= 11 is 0. The molecule has 0 unspecified atom stereocenters. The molecule has 0 heterocycles. The van der Waals surface area contributed by atoms with E-state index in [0.717, 1.165) is 5.57 Å². The van der Waals surface area contributed by atoms with Crippen molar-refractivity contribution in [1.29, 1.82) is 0 Å². The van der Waals surface area contributed by atoms with Crippen molar-refractivity contribution < 1.29 is 4.79 Å². The van der Waals surface area contributed by atoms with Crippen molar-refractivity contribution in [2.45, 2.75) is 13.8 Å². The van der Waals surface area contributed by atoms with Crippen LogP contribution in [0.5, 0.6) is 0 Å². The van der Waals surface area contributed by atoms with E-state index < -0.39 is 5.91 Å². The smallest absolute Gasteiger partial charge is 0.248 e. The summed E-state index contributed by atoms with van der Waals surface area (Å²) in [6, 6.07) is 0. The van der Waals surface area contributed by atoms with Crippen LogP contribution < -0.4 is 5.73 Å². The van der Waals surface area contributed by atoms with E-state index in [1.807, 2.05) is 6.92 Å². The summed E-state index contributed by atoms with van der Waals surface area (Å²) < 4.78 is 0. The van der Waals surface area contributed by atoms with E-state index >= 15 is 0 Å². The average molecular weight is 151 g/mol. The van der Waals surface area contributed by atoms with Crippen molar-refractivity contribution in [1.82, 2.24) is 0 Å². The lowest BCUT2D eigenvalue weighted by Gasteiger charge is -1.92. The molecular weight excluding hydrogens is 138 g/mol. The molecule has 11 heavy (non-hydrogen) atoms.